The third kappa shape index (κ3) is 5.96. The summed E-state index contributed by atoms with van der Waals surface area (Å²) in [6.07, 6.45) is 5.72. The van der Waals surface area contributed by atoms with Crippen molar-refractivity contribution in [3.63, 3.8) is 0 Å². The molecule has 7 nitrogen and oxygen atoms in total. The normalized spacial score (nSPS) is 13.8. The van der Waals surface area contributed by atoms with Crippen LogP contribution in [-0.4, -0.2) is 41.2 Å². The third-order valence-electron chi connectivity index (χ3n) is 6.19. The monoisotopic (exact) mass is 571 g/mol. The molecule has 3 aromatic rings. The number of carboxylic acid groups (broad SMARTS) is 2. The number of halogens is 1. The molecule has 0 atom stereocenters. The molecule has 1 fully saturated rings. The van der Waals surface area contributed by atoms with E-state index in [9.17, 15) is 19.5 Å². The number of carbonyl (C=O) groups is 3. The molecular formula is C27H26BrNO6S. The highest BCUT2D eigenvalue weighted by Crippen LogP contribution is 2.46. The minimum absolute atomic E-state index is 0.0188. The Hall–Kier alpha value is -3.17. The summed E-state index contributed by atoms with van der Waals surface area (Å²) in [4.78, 5) is 38.7. The summed E-state index contributed by atoms with van der Waals surface area (Å²) in [5.41, 5.74) is 2.03. The van der Waals surface area contributed by atoms with Gasteiger partial charge in [0.2, 0.25) is 0 Å². The Balaban J connectivity index is 1.72. The average Bonchev–Trinajstić information content (AvgIpc) is 3.23. The van der Waals surface area contributed by atoms with E-state index in [-0.39, 0.29) is 16.5 Å². The van der Waals surface area contributed by atoms with Crippen molar-refractivity contribution < 1.29 is 29.3 Å². The number of nitrogens with zero attached hydrogens (tertiary/aromatic N) is 1. The van der Waals surface area contributed by atoms with Crippen molar-refractivity contribution in [2.24, 2.45) is 5.92 Å². The molecule has 0 saturated heterocycles. The second-order valence-electron chi connectivity index (χ2n) is 8.73. The molecule has 1 aliphatic rings. The molecule has 0 spiro atoms. The van der Waals surface area contributed by atoms with Gasteiger partial charge in [-0.05, 0) is 64.5 Å². The summed E-state index contributed by atoms with van der Waals surface area (Å²) in [5.74, 6) is -2.10. The Morgan fingerprint density at radius 3 is 2.39 bits per heavy atom. The van der Waals surface area contributed by atoms with Gasteiger partial charge in [0, 0.05) is 17.8 Å². The molecule has 1 amide bonds. The zero-order valence-corrected chi connectivity index (χ0v) is 21.9. The summed E-state index contributed by atoms with van der Waals surface area (Å²) in [7, 11) is 0. The van der Waals surface area contributed by atoms with Crippen LogP contribution in [0.25, 0.3) is 10.4 Å². The third-order valence-corrected chi connectivity index (χ3v) is 8.42. The van der Waals surface area contributed by atoms with Gasteiger partial charge < -0.3 is 19.8 Å². The predicted molar refractivity (Wildman–Crippen MR) is 142 cm³/mol. The molecule has 0 radical (unpaired) electrons. The van der Waals surface area contributed by atoms with E-state index in [1.165, 1.54) is 6.42 Å². The van der Waals surface area contributed by atoms with Gasteiger partial charge in [-0.2, -0.15) is 0 Å². The molecule has 4 rings (SSSR count). The first-order valence-corrected chi connectivity index (χ1v) is 13.3. The van der Waals surface area contributed by atoms with E-state index in [4.69, 9.17) is 9.84 Å². The van der Waals surface area contributed by atoms with Crippen molar-refractivity contribution in [2.45, 2.75) is 32.1 Å². The Morgan fingerprint density at radius 1 is 1.00 bits per heavy atom. The lowest BCUT2D eigenvalue weighted by Gasteiger charge is -2.30. The van der Waals surface area contributed by atoms with Crippen molar-refractivity contribution in [1.29, 1.82) is 0 Å². The molecule has 36 heavy (non-hydrogen) atoms. The minimum atomic E-state index is -1.21. The summed E-state index contributed by atoms with van der Waals surface area (Å²) in [6.45, 7) is -0.0496. The van der Waals surface area contributed by atoms with E-state index in [0.29, 0.717) is 32.9 Å². The second kappa shape index (κ2) is 11.7. The fourth-order valence-corrected chi connectivity index (χ4v) is 6.36. The zero-order valence-electron chi connectivity index (χ0n) is 19.5. The van der Waals surface area contributed by atoms with Crippen LogP contribution in [0.1, 0.15) is 52.1 Å². The van der Waals surface area contributed by atoms with E-state index in [1.54, 1.807) is 12.1 Å². The molecule has 9 heteroatoms. The van der Waals surface area contributed by atoms with Crippen LogP contribution in [-0.2, 0) is 4.79 Å². The number of aliphatic carboxylic acids is 1. The van der Waals surface area contributed by atoms with Crippen LogP contribution in [0.15, 0.2) is 59.1 Å². The van der Waals surface area contributed by atoms with Gasteiger partial charge in [-0.3, -0.25) is 4.79 Å². The van der Waals surface area contributed by atoms with Crippen LogP contribution in [0.4, 0.5) is 5.69 Å². The summed E-state index contributed by atoms with van der Waals surface area (Å²) >= 11 is 4.40. The van der Waals surface area contributed by atoms with Gasteiger partial charge in [-0.25, -0.2) is 9.59 Å². The van der Waals surface area contributed by atoms with Gasteiger partial charge in [-0.15, -0.1) is 11.3 Å². The van der Waals surface area contributed by atoms with Crippen LogP contribution in [0, 0.1) is 5.92 Å². The number of benzene rings is 2. The average molecular weight is 572 g/mol. The number of amides is 1. The van der Waals surface area contributed by atoms with Crippen molar-refractivity contribution in [3.8, 4) is 16.2 Å². The smallest absolute Gasteiger partial charge is 0.349 e. The van der Waals surface area contributed by atoms with E-state index < -0.39 is 18.5 Å². The lowest BCUT2D eigenvalue weighted by atomic mass is 9.88. The van der Waals surface area contributed by atoms with E-state index in [2.05, 4.69) is 15.9 Å². The van der Waals surface area contributed by atoms with Crippen LogP contribution in [0.5, 0.6) is 5.75 Å². The van der Waals surface area contributed by atoms with Gasteiger partial charge in [-0.1, -0.05) is 49.6 Å². The Labute approximate surface area is 221 Å². The zero-order chi connectivity index (χ0) is 25.7. The summed E-state index contributed by atoms with van der Waals surface area (Å²) in [6, 6.07) is 16.6. The fourth-order valence-electron chi connectivity index (χ4n) is 4.47. The minimum Gasteiger partial charge on any atom is -0.479 e. The van der Waals surface area contributed by atoms with E-state index >= 15 is 0 Å². The molecule has 2 N–H and O–H groups in total. The number of hydrogen-bond donors (Lipinski definition) is 2. The van der Waals surface area contributed by atoms with Gasteiger partial charge in [0.15, 0.2) is 17.2 Å². The summed E-state index contributed by atoms with van der Waals surface area (Å²) < 4.78 is 5.66. The second-order valence-corrected chi connectivity index (χ2v) is 10.5. The standard InChI is InChI=1S/C27H26BrNO6S/c28-22-23(35-16-21(30)31)25(27(33)34)36-24(22)19-12-7-13-20(14-19)29(15-17-8-3-1-4-9-17)26(32)18-10-5-2-6-11-18/h2,5-7,10-14,17H,1,3-4,8-9,15-16H2,(H,30,31)(H,33,34). The van der Waals surface area contributed by atoms with Crippen LogP contribution in [0.2, 0.25) is 0 Å². The topological polar surface area (TPSA) is 104 Å². The quantitative estimate of drug-likeness (QED) is 0.301. The van der Waals surface area contributed by atoms with Gasteiger partial charge in [0.25, 0.3) is 5.91 Å². The maximum Gasteiger partial charge on any atom is 0.349 e. The first-order valence-electron chi connectivity index (χ1n) is 11.7. The Bertz CT molecular complexity index is 1250. The van der Waals surface area contributed by atoms with Crippen LogP contribution < -0.4 is 9.64 Å². The van der Waals surface area contributed by atoms with Gasteiger partial charge >= 0.3 is 11.9 Å². The Morgan fingerprint density at radius 2 is 1.72 bits per heavy atom. The highest BCUT2D eigenvalue weighted by Gasteiger charge is 2.27. The van der Waals surface area contributed by atoms with E-state index in [1.807, 2.05) is 47.4 Å². The first-order chi connectivity index (χ1) is 17.3. The fraction of sp³-hybridized carbons (Fsp3) is 0.296. The first kappa shape index (κ1) is 25.9. The SMILES string of the molecule is O=C(O)COc1c(C(=O)O)sc(-c2cccc(N(CC3CCCCC3)C(=O)c3ccccc3)c2)c1Br. The van der Waals surface area contributed by atoms with E-state index in [0.717, 1.165) is 42.7 Å². The largest absolute Gasteiger partial charge is 0.479 e. The molecule has 0 aliphatic heterocycles. The molecular weight excluding hydrogens is 546 g/mol. The van der Waals surface area contributed by atoms with Crippen molar-refractivity contribution in [3.05, 3.63) is 69.5 Å². The molecule has 2 aromatic carbocycles. The van der Waals surface area contributed by atoms with Crippen LogP contribution >= 0.6 is 27.3 Å². The molecule has 1 aliphatic carbocycles. The number of carbonyl (C=O) groups excluding carboxylic acids is 1. The predicted octanol–water partition coefficient (Wildman–Crippen LogP) is 6.57. The number of carboxylic acids is 2. The number of hydrogen-bond acceptors (Lipinski definition) is 5. The maximum atomic E-state index is 13.6. The highest BCUT2D eigenvalue weighted by molar-refractivity contribution is 9.10. The number of rotatable bonds is 9. The maximum absolute atomic E-state index is 13.6. The summed E-state index contributed by atoms with van der Waals surface area (Å²) in [5, 5.41) is 18.6. The van der Waals surface area contributed by atoms with Gasteiger partial charge in [0.1, 0.15) is 0 Å². The van der Waals surface area contributed by atoms with Crippen molar-refractivity contribution >= 4 is 50.8 Å². The van der Waals surface area contributed by atoms with Crippen molar-refractivity contribution in [2.75, 3.05) is 18.1 Å². The molecule has 0 bridgehead atoms. The molecule has 1 heterocycles. The molecule has 188 valence electrons. The number of thiophene rings is 1. The Kier molecular flexibility index (Phi) is 8.43. The van der Waals surface area contributed by atoms with Gasteiger partial charge in [0.05, 0.1) is 9.35 Å². The number of anilines is 1. The highest BCUT2D eigenvalue weighted by atomic mass is 79.9. The molecule has 0 unspecified atom stereocenters. The van der Waals surface area contributed by atoms with Crippen molar-refractivity contribution in [1.82, 2.24) is 0 Å². The molecule has 1 aromatic heterocycles. The molecule has 1 saturated carbocycles. The number of aromatic carboxylic acids is 1. The number of ether oxygens (including phenoxy) is 1. The lowest BCUT2D eigenvalue weighted by molar-refractivity contribution is -0.139. The van der Waals surface area contributed by atoms with Crippen LogP contribution in [0.3, 0.4) is 0 Å². The lowest BCUT2D eigenvalue weighted by Crippen LogP contribution is -2.36.